The van der Waals surface area contributed by atoms with E-state index in [2.05, 4.69) is 47.7 Å². The normalized spacial score (nSPS) is 11.8. The van der Waals surface area contributed by atoms with Gasteiger partial charge in [-0.1, -0.05) is 6.08 Å². The molecule has 0 aliphatic rings. The highest BCUT2D eigenvalue weighted by molar-refractivity contribution is 9.11. The minimum atomic E-state index is 0.847. The lowest BCUT2D eigenvalue weighted by molar-refractivity contribution is 0.748. The Kier molecular flexibility index (Phi) is 4.37. The maximum atomic E-state index is 4.21. The van der Waals surface area contributed by atoms with Crippen LogP contribution in [0.2, 0.25) is 0 Å². The second-order valence-electron chi connectivity index (χ2n) is 2.16. The van der Waals surface area contributed by atoms with Crippen molar-refractivity contribution in [2.75, 3.05) is 7.05 Å². The van der Waals surface area contributed by atoms with Crippen LogP contribution >= 0.6 is 43.2 Å². The largest absolute Gasteiger partial charge is 0.321 e. The fourth-order valence-corrected chi connectivity index (χ4v) is 3.20. The molecule has 1 heterocycles. The standard InChI is InChI=1S/C7H9Br2N3S/c1-3-4(12-10-2)5-6(8)11-7(9)13-5/h3,10,12H,1-2H3. The van der Waals surface area contributed by atoms with Gasteiger partial charge in [0.15, 0.2) is 3.92 Å². The summed E-state index contributed by atoms with van der Waals surface area (Å²) < 4.78 is 1.71. The Labute approximate surface area is 97.9 Å². The zero-order chi connectivity index (χ0) is 9.84. The van der Waals surface area contributed by atoms with Gasteiger partial charge < -0.3 is 5.43 Å². The summed E-state index contributed by atoms with van der Waals surface area (Å²) in [6, 6.07) is 0. The molecule has 0 aliphatic carbocycles. The molecule has 0 fully saturated rings. The van der Waals surface area contributed by atoms with E-state index in [9.17, 15) is 0 Å². The first kappa shape index (κ1) is 11.2. The molecular formula is C7H9Br2N3S. The lowest BCUT2D eigenvalue weighted by atomic mass is 10.4. The summed E-state index contributed by atoms with van der Waals surface area (Å²) >= 11 is 8.30. The van der Waals surface area contributed by atoms with Gasteiger partial charge in [0.05, 0.1) is 10.6 Å². The van der Waals surface area contributed by atoms with Gasteiger partial charge in [0, 0.05) is 7.05 Å². The molecule has 0 amide bonds. The third-order valence-electron chi connectivity index (χ3n) is 1.35. The van der Waals surface area contributed by atoms with Gasteiger partial charge >= 0.3 is 0 Å². The predicted molar refractivity (Wildman–Crippen MR) is 63.4 cm³/mol. The first-order chi connectivity index (χ1) is 6.19. The number of rotatable bonds is 3. The van der Waals surface area contributed by atoms with Crippen molar-refractivity contribution >= 4 is 48.9 Å². The topological polar surface area (TPSA) is 37.0 Å². The average molecular weight is 327 g/mol. The van der Waals surface area contributed by atoms with Crippen molar-refractivity contribution in [3.05, 3.63) is 19.5 Å². The lowest BCUT2D eigenvalue weighted by Crippen LogP contribution is -2.25. The predicted octanol–water partition coefficient (Wildman–Crippen LogP) is 2.75. The number of hydrogen-bond donors (Lipinski definition) is 2. The molecule has 0 saturated heterocycles. The number of aromatic nitrogens is 1. The number of nitrogens with zero attached hydrogens (tertiary/aromatic N) is 1. The van der Waals surface area contributed by atoms with Crippen LogP contribution in [0.1, 0.15) is 11.8 Å². The van der Waals surface area contributed by atoms with Crippen LogP contribution in [0.4, 0.5) is 0 Å². The van der Waals surface area contributed by atoms with E-state index in [0.717, 1.165) is 19.1 Å². The molecule has 6 heteroatoms. The number of halogens is 2. The molecule has 3 nitrogen and oxygen atoms in total. The van der Waals surface area contributed by atoms with E-state index in [1.54, 1.807) is 11.3 Å². The van der Waals surface area contributed by atoms with Gasteiger partial charge in [-0.3, -0.25) is 0 Å². The summed E-state index contributed by atoms with van der Waals surface area (Å²) in [5, 5.41) is 0. The van der Waals surface area contributed by atoms with Crippen molar-refractivity contribution in [3.63, 3.8) is 0 Å². The van der Waals surface area contributed by atoms with Crippen LogP contribution in [-0.2, 0) is 0 Å². The van der Waals surface area contributed by atoms with E-state index in [-0.39, 0.29) is 0 Å². The Morgan fingerprint density at radius 1 is 1.54 bits per heavy atom. The first-order valence-electron chi connectivity index (χ1n) is 3.60. The summed E-state index contributed by atoms with van der Waals surface area (Å²) in [6.45, 7) is 1.97. The molecule has 0 unspecified atom stereocenters. The molecule has 0 saturated carbocycles. The van der Waals surface area contributed by atoms with Gasteiger partial charge in [-0.2, -0.15) is 0 Å². The van der Waals surface area contributed by atoms with Crippen molar-refractivity contribution in [1.29, 1.82) is 0 Å². The summed E-state index contributed by atoms with van der Waals surface area (Å²) in [5.41, 5.74) is 6.92. The second-order valence-corrected chi connectivity index (χ2v) is 5.19. The van der Waals surface area contributed by atoms with Crippen LogP contribution in [-0.4, -0.2) is 12.0 Å². The summed E-state index contributed by atoms with van der Waals surface area (Å²) in [7, 11) is 1.83. The maximum absolute atomic E-state index is 4.21. The third kappa shape index (κ3) is 2.77. The smallest absolute Gasteiger partial charge is 0.161 e. The lowest BCUT2D eigenvalue weighted by Gasteiger charge is -2.06. The molecule has 0 atom stereocenters. The monoisotopic (exact) mass is 325 g/mol. The van der Waals surface area contributed by atoms with E-state index in [4.69, 9.17) is 0 Å². The fraction of sp³-hybridized carbons (Fsp3) is 0.286. The Morgan fingerprint density at radius 2 is 2.23 bits per heavy atom. The van der Waals surface area contributed by atoms with Gasteiger partial charge in [0.1, 0.15) is 4.60 Å². The number of allylic oxidation sites excluding steroid dienone is 1. The summed E-state index contributed by atoms with van der Waals surface area (Å²) in [6.07, 6.45) is 1.99. The third-order valence-corrected chi connectivity index (χ3v) is 3.73. The molecule has 72 valence electrons. The highest BCUT2D eigenvalue weighted by Gasteiger charge is 2.10. The maximum Gasteiger partial charge on any atom is 0.161 e. The Balaban J connectivity index is 2.98. The summed E-state index contributed by atoms with van der Waals surface area (Å²) in [4.78, 5) is 5.28. The van der Waals surface area contributed by atoms with Gasteiger partial charge in [-0.25, -0.2) is 10.4 Å². The van der Waals surface area contributed by atoms with Crippen LogP contribution in [0, 0.1) is 0 Å². The molecule has 0 spiro atoms. The molecule has 0 aromatic carbocycles. The highest BCUT2D eigenvalue weighted by atomic mass is 79.9. The Hall–Kier alpha value is 0.0900. The van der Waals surface area contributed by atoms with Crippen molar-refractivity contribution in [2.45, 2.75) is 6.92 Å². The molecule has 1 aromatic heterocycles. The van der Waals surface area contributed by atoms with E-state index in [1.165, 1.54) is 0 Å². The van der Waals surface area contributed by atoms with Crippen LogP contribution in [0.25, 0.3) is 5.70 Å². The average Bonchev–Trinajstić information content (AvgIpc) is 2.41. The van der Waals surface area contributed by atoms with Crippen molar-refractivity contribution in [1.82, 2.24) is 15.8 Å². The number of hydrazine groups is 1. The molecule has 2 N–H and O–H groups in total. The van der Waals surface area contributed by atoms with Crippen LogP contribution in [0.15, 0.2) is 14.6 Å². The summed E-state index contributed by atoms with van der Waals surface area (Å²) in [5.74, 6) is 0. The molecule has 1 rings (SSSR count). The van der Waals surface area contributed by atoms with Crippen molar-refractivity contribution in [3.8, 4) is 0 Å². The van der Waals surface area contributed by atoms with Crippen LogP contribution in [0.5, 0.6) is 0 Å². The minimum Gasteiger partial charge on any atom is -0.321 e. The van der Waals surface area contributed by atoms with Gasteiger partial charge in [0.2, 0.25) is 0 Å². The second kappa shape index (κ2) is 5.09. The van der Waals surface area contributed by atoms with Crippen LogP contribution in [0.3, 0.4) is 0 Å². The Morgan fingerprint density at radius 3 is 2.62 bits per heavy atom. The number of thiazole rings is 1. The number of nitrogens with one attached hydrogen (secondary N) is 2. The molecule has 0 radical (unpaired) electrons. The zero-order valence-corrected chi connectivity index (χ0v) is 11.2. The zero-order valence-electron chi connectivity index (χ0n) is 7.19. The van der Waals surface area contributed by atoms with Crippen molar-refractivity contribution in [2.24, 2.45) is 0 Å². The van der Waals surface area contributed by atoms with E-state index in [0.29, 0.717) is 0 Å². The van der Waals surface area contributed by atoms with Gasteiger partial charge in [0.25, 0.3) is 0 Å². The van der Waals surface area contributed by atoms with E-state index < -0.39 is 0 Å². The molecule has 13 heavy (non-hydrogen) atoms. The quantitative estimate of drug-likeness (QED) is 0.839. The van der Waals surface area contributed by atoms with E-state index >= 15 is 0 Å². The molecular weight excluding hydrogens is 318 g/mol. The van der Waals surface area contributed by atoms with Crippen LogP contribution < -0.4 is 10.9 Å². The first-order valence-corrected chi connectivity index (χ1v) is 6.00. The Bertz CT molecular complexity index is 322. The fourth-order valence-electron chi connectivity index (χ4n) is 0.838. The number of hydrogen-bond acceptors (Lipinski definition) is 4. The molecule has 1 aromatic rings. The molecule has 0 bridgehead atoms. The molecule has 0 aliphatic heterocycles. The van der Waals surface area contributed by atoms with Crippen molar-refractivity contribution < 1.29 is 0 Å². The van der Waals surface area contributed by atoms with E-state index in [1.807, 2.05) is 20.0 Å². The highest BCUT2D eigenvalue weighted by Crippen LogP contribution is 2.31. The minimum absolute atomic E-state index is 0.847. The van der Waals surface area contributed by atoms with Gasteiger partial charge in [-0.15, -0.1) is 11.3 Å². The SMILES string of the molecule is CC=C(NNC)c1sc(Br)nc1Br. The van der Waals surface area contributed by atoms with Gasteiger partial charge in [-0.05, 0) is 38.8 Å².